The van der Waals surface area contributed by atoms with E-state index < -0.39 is 45.2 Å². The van der Waals surface area contributed by atoms with Gasteiger partial charge in [-0.1, -0.05) is 37.1 Å². The monoisotopic (exact) mass is 514 g/mol. The molecule has 11 nitrogen and oxygen atoms in total. The van der Waals surface area contributed by atoms with Gasteiger partial charge in [-0.05, 0) is 56.0 Å². The first-order valence-electron chi connectivity index (χ1n) is 11.9. The van der Waals surface area contributed by atoms with Crippen LogP contribution in [0.5, 0.6) is 0 Å². The second-order valence-electron chi connectivity index (χ2n) is 9.52. The van der Waals surface area contributed by atoms with Gasteiger partial charge < -0.3 is 25.3 Å². The van der Waals surface area contributed by atoms with Crippen molar-refractivity contribution in [3.8, 4) is 0 Å². The van der Waals surface area contributed by atoms with E-state index in [1.165, 1.54) is 0 Å². The second kappa shape index (κ2) is 11.5. The van der Waals surface area contributed by atoms with E-state index in [4.69, 9.17) is 10.2 Å². The van der Waals surface area contributed by atoms with Crippen molar-refractivity contribution in [1.29, 1.82) is 0 Å². The van der Waals surface area contributed by atoms with Gasteiger partial charge in [-0.2, -0.15) is 0 Å². The molecule has 2 aromatic rings. The molecule has 0 radical (unpaired) electrons. The highest BCUT2D eigenvalue weighted by Gasteiger charge is 2.48. The van der Waals surface area contributed by atoms with Crippen LogP contribution in [0.4, 0.5) is 5.69 Å². The number of nitro groups is 1. The van der Waals surface area contributed by atoms with Gasteiger partial charge in [0.15, 0.2) is 5.60 Å². The van der Waals surface area contributed by atoms with Crippen LogP contribution < -0.4 is 0 Å². The zero-order valence-electron chi connectivity index (χ0n) is 20.4. The average molecular weight is 515 g/mol. The number of carbonyl (C=O) groups is 3. The van der Waals surface area contributed by atoms with Gasteiger partial charge in [-0.25, -0.2) is 14.4 Å². The summed E-state index contributed by atoms with van der Waals surface area (Å²) in [4.78, 5) is 44.8. The minimum Gasteiger partial charge on any atom is -0.479 e. The molecule has 2 aliphatic rings. The number of benzene rings is 2. The van der Waals surface area contributed by atoms with Crippen molar-refractivity contribution in [2.45, 2.75) is 43.6 Å². The molecule has 2 unspecified atom stereocenters. The van der Waals surface area contributed by atoms with E-state index in [-0.39, 0.29) is 5.92 Å². The third kappa shape index (κ3) is 6.12. The Bertz CT molecular complexity index is 1110. The maximum Gasteiger partial charge on any atom is 0.340 e. The van der Waals surface area contributed by atoms with Crippen LogP contribution in [0.1, 0.15) is 69.9 Å². The van der Waals surface area contributed by atoms with Gasteiger partial charge in [0, 0.05) is 24.6 Å². The summed E-state index contributed by atoms with van der Waals surface area (Å²) in [5.41, 5.74) is -1.53. The van der Waals surface area contributed by atoms with Crippen LogP contribution in [-0.2, 0) is 10.4 Å². The first-order valence-corrected chi connectivity index (χ1v) is 11.9. The minimum absolute atomic E-state index is 0.176. The van der Waals surface area contributed by atoms with Crippen molar-refractivity contribution in [1.82, 2.24) is 4.90 Å². The summed E-state index contributed by atoms with van der Waals surface area (Å²) >= 11 is 0. The number of rotatable bonds is 7. The SMILES string of the molecule is CN1CCC(c2ccccc2C(O)(C(=O)O)C2CCCC2)C1.O=C(O)c1cc(C(=O)O)cc([N+](=O)[O-])c1. The fourth-order valence-electron chi connectivity index (χ4n) is 5.21. The van der Waals surface area contributed by atoms with Gasteiger partial charge in [0.2, 0.25) is 0 Å². The first kappa shape index (κ1) is 27.8. The number of carboxylic acid groups (broad SMARTS) is 3. The number of hydrogen-bond acceptors (Lipinski definition) is 7. The molecule has 2 fully saturated rings. The van der Waals surface area contributed by atoms with Crippen molar-refractivity contribution in [3.63, 3.8) is 0 Å². The third-order valence-electron chi connectivity index (χ3n) is 7.10. The molecule has 0 bridgehead atoms. The molecule has 4 rings (SSSR count). The summed E-state index contributed by atoms with van der Waals surface area (Å²) in [5, 5.41) is 48.5. The lowest BCUT2D eigenvalue weighted by atomic mass is 9.76. The number of likely N-dealkylation sites (tertiary alicyclic amines) is 1. The van der Waals surface area contributed by atoms with Crippen molar-refractivity contribution < 1.29 is 39.7 Å². The first-order chi connectivity index (χ1) is 17.4. The van der Waals surface area contributed by atoms with Crippen molar-refractivity contribution in [2.75, 3.05) is 20.1 Å². The van der Waals surface area contributed by atoms with E-state index in [9.17, 15) is 34.7 Å². The van der Waals surface area contributed by atoms with Crippen molar-refractivity contribution in [3.05, 3.63) is 74.8 Å². The number of nitro benzene ring substituents is 1. The smallest absolute Gasteiger partial charge is 0.340 e. The lowest BCUT2D eigenvalue weighted by molar-refractivity contribution is -0.384. The Balaban J connectivity index is 0.000000222. The summed E-state index contributed by atoms with van der Waals surface area (Å²) in [5.74, 6) is -3.79. The number of hydrogen-bond donors (Lipinski definition) is 4. The summed E-state index contributed by atoms with van der Waals surface area (Å²) in [7, 11) is 2.09. The summed E-state index contributed by atoms with van der Waals surface area (Å²) in [6.07, 6.45) is 4.63. The Hall–Kier alpha value is -3.83. The molecule has 1 heterocycles. The lowest BCUT2D eigenvalue weighted by Gasteiger charge is -2.33. The topological polar surface area (TPSA) is 179 Å². The standard InChI is InChI=1S/C18H25NO3.C8H5NO6/c1-19-11-10-13(12-19)15-8-4-5-9-16(15)18(22,17(20)21)14-6-2-3-7-14;10-7(11)4-1-5(8(12)13)3-6(2-4)9(14)15/h4-5,8-9,13-14,22H,2-3,6-7,10-12H2,1H3,(H,20,21);1-3H,(H,10,11)(H,12,13). The fraction of sp³-hybridized carbons (Fsp3) is 0.423. The molecular formula is C26H30N2O9. The minimum atomic E-state index is -1.74. The lowest BCUT2D eigenvalue weighted by Crippen LogP contribution is -2.43. The molecule has 2 atom stereocenters. The third-order valence-corrected chi connectivity index (χ3v) is 7.10. The summed E-state index contributed by atoms with van der Waals surface area (Å²) < 4.78 is 0. The van der Waals surface area contributed by atoms with Crippen LogP contribution in [0.2, 0.25) is 0 Å². The predicted octanol–water partition coefficient (Wildman–Crippen LogP) is 3.56. The van der Waals surface area contributed by atoms with Crippen LogP contribution in [0, 0.1) is 16.0 Å². The quantitative estimate of drug-likeness (QED) is 0.315. The second-order valence-corrected chi connectivity index (χ2v) is 9.52. The van der Waals surface area contributed by atoms with E-state index in [1.54, 1.807) is 0 Å². The van der Waals surface area contributed by atoms with Crippen molar-refractivity contribution in [2.24, 2.45) is 5.92 Å². The number of carboxylic acids is 3. The van der Waals surface area contributed by atoms with E-state index in [1.807, 2.05) is 24.3 Å². The van der Waals surface area contributed by atoms with E-state index in [0.29, 0.717) is 11.5 Å². The van der Waals surface area contributed by atoms with Gasteiger partial charge in [0.05, 0.1) is 16.1 Å². The number of aliphatic hydroxyl groups is 1. The van der Waals surface area contributed by atoms with Gasteiger partial charge in [-0.3, -0.25) is 10.1 Å². The van der Waals surface area contributed by atoms with Crippen molar-refractivity contribution >= 4 is 23.6 Å². The van der Waals surface area contributed by atoms with Gasteiger partial charge in [-0.15, -0.1) is 0 Å². The fourth-order valence-corrected chi connectivity index (χ4v) is 5.21. The maximum absolute atomic E-state index is 12.0. The Morgan fingerprint density at radius 2 is 1.54 bits per heavy atom. The van der Waals surface area contributed by atoms with Crippen LogP contribution in [-0.4, -0.2) is 68.3 Å². The molecule has 0 amide bonds. The Labute approximate surface area is 213 Å². The van der Waals surface area contributed by atoms with Crippen LogP contribution in [0.15, 0.2) is 42.5 Å². The Morgan fingerprint density at radius 1 is 0.973 bits per heavy atom. The van der Waals surface area contributed by atoms with E-state index in [2.05, 4.69) is 11.9 Å². The molecule has 1 aliphatic heterocycles. The average Bonchev–Trinajstić information content (AvgIpc) is 3.56. The highest BCUT2D eigenvalue weighted by Crippen LogP contribution is 2.44. The molecule has 37 heavy (non-hydrogen) atoms. The van der Waals surface area contributed by atoms with E-state index in [0.717, 1.165) is 69.0 Å². The number of nitrogens with zero attached hydrogens (tertiary/aromatic N) is 2. The molecule has 1 saturated heterocycles. The summed E-state index contributed by atoms with van der Waals surface area (Å²) in [6.45, 7) is 1.95. The zero-order valence-corrected chi connectivity index (χ0v) is 20.4. The molecule has 2 aromatic carbocycles. The molecule has 4 N–H and O–H groups in total. The van der Waals surface area contributed by atoms with Gasteiger partial charge in [0.1, 0.15) is 0 Å². The Kier molecular flexibility index (Phi) is 8.61. The molecule has 11 heteroatoms. The van der Waals surface area contributed by atoms with Crippen LogP contribution in [0.25, 0.3) is 0 Å². The maximum atomic E-state index is 12.0. The van der Waals surface area contributed by atoms with Gasteiger partial charge >= 0.3 is 17.9 Å². The number of aromatic carboxylic acids is 2. The number of aliphatic carboxylic acids is 1. The highest BCUT2D eigenvalue weighted by molar-refractivity contribution is 5.94. The van der Waals surface area contributed by atoms with Crippen LogP contribution in [0.3, 0.4) is 0 Å². The number of likely N-dealkylation sites (N-methyl/N-ethyl adjacent to an activating group) is 1. The molecular weight excluding hydrogens is 484 g/mol. The molecule has 1 aliphatic carbocycles. The summed E-state index contributed by atoms with van der Waals surface area (Å²) in [6, 6.07) is 10.1. The zero-order chi connectivity index (χ0) is 27.3. The normalized spacial score (nSPS) is 19.5. The van der Waals surface area contributed by atoms with Crippen LogP contribution >= 0.6 is 0 Å². The Morgan fingerprint density at radius 3 is 2.00 bits per heavy atom. The molecule has 0 aromatic heterocycles. The number of non-ortho nitro benzene ring substituents is 1. The molecule has 1 saturated carbocycles. The highest BCUT2D eigenvalue weighted by atomic mass is 16.6. The largest absolute Gasteiger partial charge is 0.479 e. The predicted molar refractivity (Wildman–Crippen MR) is 132 cm³/mol. The van der Waals surface area contributed by atoms with Gasteiger partial charge in [0.25, 0.3) is 5.69 Å². The molecule has 198 valence electrons. The molecule has 0 spiro atoms. The van der Waals surface area contributed by atoms with E-state index >= 15 is 0 Å².